The fraction of sp³-hybridized carbons (Fsp3) is 0.556. The molecule has 5 heteroatoms. The average molecular weight is 314 g/mol. The fourth-order valence-electron chi connectivity index (χ4n) is 3.50. The predicted molar refractivity (Wildman–Crippen MR) is 92.4 cm³/mol. The van der Waals surface area contributed by atoms with Crippen LogP contribution in [-0.2, 0) is 11.3 Å². The molecule has 0 saturated carbocycles. The SMILES string of the molecule is Cc1nc2ccccc2n1CC(=O)NC(C)(C)CN1CCCC1. The maximum atomic E-state index is 12.5. The Morgan fingerprint density at radius 1 is 1.26 bits per heavy atom. The van der Waals surface area contributed by atoms with Crippen molar-refractivity contribution in [3.8, 4) is 0 Å². The molecule has 3 rings (SSSR count). The minimum atomic E-state index is -0.217. The van der Waals surface area contributed by atoms with Crippen molar-refractivity contribution in [2.75, 3.05) is 19.6 Å². The van der Waals surface area contributed by atoms with Gasteiger partial charge in [-0.2, -0.15) is 0 Å². The maximum absolute atomic E-state index is 12.5. The molecule has 124 valence electrons. The molecule has 0 spiro atoms. The van der Waals surface area contributed by atoms with E-state index in [0.717, 1.165) is 36.5 Å². The predicted octanol–water partition coefficient (Wildman–Crippen LogP) is 2.34. The first kappa shape index (κ1) is 16.0. The Hall–Kier alpha value is -1.88. The number of amides is 1. The molecule has 5 nitrogen and oxygen atoms in total. The van der Waals surface area contributed by atoms with Crippen LogP contribution in [0.2, 0.25) is 0 Å². The molecule has 1 saturated heterocycles. The van der Waals surface area contributed by atoms with Gasteiger partial charge in [0.15, 0.2) is 0 Å². The number of likely N-dealkylation sites (tertiary alicyclic amines) is 1. The van der Waals surface area contributed by atoms with Crippen molar-refractivity contribution < 1.29 is 4.79 Å². The van der Waals surface area contributed by atoms with Crippen molar-refractivity contribution in [1.29, 1.82) is 0 Å². The summed E-state index contributed by atoms with van der Waals surface area (Å²) in [5.41, 5.74) is 1.73. The Morgan fingerprint density at radius 3 is 2.70 bits per heavy atom. The van der Waals surface area contributed by atoms with E-state index in [9.17, 15) is 4.79 Å². The number of hydrogen-bond acceptors (Lipinski definition) is 3. The van der Waals surface area contributed by atoms with Crippen molar-refractivity contribution in [3.05, 3.63) is 30.1 Å². The van der Waals surface area contributed by atoms with E-state index in [4.69, 9.17) is 0 Å². The van der Waals surface area contributed by atoms with Crippen molar-refractivity contribution in [3.63, 3.8) is 0 Å². The lowest BCUT2D eigenvalue weighted by atomic mass is 10.1. The first-order chi connectivity index (χ1) is 10.9. The highest BCUT2D eigenvalue weighted by Gasteiger charge is 2.25. The quantitative estimate of drug-likeness (QED) is 0.921. The molecule has 0 aliphatic carbocycles. The van der Waals surface area contributed by atoms with Crippen LogP contribution >= 0.6 is 0 Å². The summed E-state index contributed by atoms with van der Waals surface area (Å²) in [6.45, 7) is 9.65. The number of carbonyl (C=O) groups is 1. The van der Waals surface area contributed by atoms with E-state index in [2.05, 4.69) is 29.0 Å². The summed E-state index contributed by atoms with van der Waals surface area (Å²) < 4.78 is 1.98. The van der Waals surface area contributed by atoms with Gasteiger partial charge in [-0.3, -0.25) is 4.79 Å². The number of hydrogen-bond donors (Lipinski definition) is 1. The second-order valence-corrected chi connectivity index (χ2v) is 7.15. The lowest BCUT2D eigenvalue weighted by Crippen LogP contribution is -2.51. The molecule has 1 amide bonds. The number of nitrogens with zero attached hydrogens (tertiary/aromatic N) is 3. The summed E-state index contributed by atoms with van der Waals surface area (Å²) in [5, 5.41) is 3.18. The number of imidazole rings is 1. The number of rotatable bonds is 5. The van der Waals surface area contributed by atoms with E-state index >= 15 is 0 Å². The minimum Gasteiger partial charge on any atom is -0.348 e. The molecule has 1 aromatic heterocycles. The number of carbonyl (C=O) groups excluding carboxylic acids is 1. The third kappa shape index (κ3) is 3.72. The van der Waals surface area contributed by atoms with Crippen LogP contribution in [0.1, 0.15) is 32.5 Å². The number of para-hydroxylation sites is 2. The smallest absolute Gasteiger partial charge is 0.240 e. The molecule has 0 bridgehead atoms. The van der Waals surface area contributed by atoms with Crippen LogP contribution in [0.5, 0.6) is 0 Å². The van der Waals surface area contributed by atoms with Gasteiger partial charge in [0.1, 0.15) is 12.4 Å². The van der Waals surface area contributed by atoms with Gasteiger partial charge in [0, 0.05) is 12.1 Å². The number of nitrogens with one attached hydrogen (secondary N) is 1. The first-order valence-corrected chi connectivity index (χ1v) is 8.40. The summed E-state index contributed by atoms with van der Waals surface area (Å²) in [7, 11) is 0. The summed E-state index contributed by atoms with van der Waals surface area (Å²) in [4.78, 5) is 19.5. The molecular formula is C18H26N4O. The highest BCUT2D eigenvalue weighted by molar-refractivity contribution is 5.81. The number of benzene rings is 1. The highest BCUT2D eigenvalue weighted by atomic mass is 16.2. The van der Waals surface area contributed by atoms with Gasteiger partial charge >= 0.3 is 0 Å². The van der Waals surface area contributed by atoms with Crippen LogP contribution in [0.4, 0.5) is 0 Å². The van der Waals surface area contributed by atoms with Gasteiger partial charge in [-0.25, -0.2) is 4.98 Å². The van der Waals surface area contributed by atoms with E-state index < -0.39 is 0 Å². The van der Waals surface area contributed by atoms with Gasteiger partial charge in [0.2, 0.25) is 5.91 Å². The Kier molecular flexibility index (Phi) is 4.39. The van der Waals surface area contributed by atoms with Crippen LogP contribution in [-0.4, -0.2) is 45.5 Å². The molecule has 2 aromatic rings. The van der Waals surface area contributed by atoms with Gasteiger partial charge < -0.3 is 14.8 Å². The zero-order chi connectivity index (χ0) is 16.4. The van der Waals surface area contributed by atoms with Crippen LogP contribution in [0.25, 0.3) is 11.0 Å². The van der Waals surface area contributed by atoms with E-state index in [0.29, 0.717) is 6.54 Å². The second-order valence-electron chi connectivity index (χ2n) is 7.15. The van der Waals surface area contributed by atoms with Crippen LogP contribution in [0, 0.1) is 6.92 Å². The molecule has 0 unspecified atom stereocenters. The van der Waals surface area contributed by atoms with Gasteiger partial charge in [-0.1, -0.05) is 12.1 Å². The third-order valence-electron chi connectivity index (χ3n) is 4.44. The normalized spacial score (nSPS) is 16.1. The Balaban J connectivity index is 1.67. The maximum Gasteiger partial charge on any atom is 0.240 e. The van der Waals surface area contributed by atoms with E-state index in [1.807, 2.05) is 35.8 Å². The summed E-state index contributed by atoms with van der Waals surface area (Å²) >= 11 is 0. The number of fused-ring (bicyclic) bond motifs is 1. The topological polar surface area (TPSA) is 50.2 Å². The zero-order valence-electron chi connectivity index (χ0n) is 14.3. The first-order valence-electron chi connectivity index (χ1n) is 8.40. The van der Waals surface area contributed by atoms with E-state index in [1.165, 1.54) is 12.8 Å². The van der Waals surface area contributed by atoms with Gasteiger partial charge in [0.25, 0.3) is 0 Å². The fourth-order valence-corrected chi connectivity index (χ4v) is 3.50. The van der Waals surface area contributed by atoms with Gasteiger partial charge in [-0.15, -0.1) is 0 Å². The summed E-state index contributed by atoms with van der Waals surface area (Å²) in [5.74, 6) is 0.916. The second kappa shape index (κ2) is 6.32. The molecule has 1 N–H and O–H groups in total. The van der Waals surface area contributed by atoms with Gasteiger partial charge in [0.05, 0.1) is 11.0 Å². The molecule has 2 heterocycles. The third-order valence-corrected chi connectivity index (χ3v) is 4.44. The summed E-state index contributed by atoms with van der Waals surface area (Å²) in [6, 6.07) is 7.94. The van der Waals surface area contributed by atoms with Crippen LogP contribution in [0.15, 0.2) is 24.3 Å². The average Bonchev–Trinajstić information content (AvgIpc) is 3.06. The van der Waals surface area contributed by atoms with Crippen LogP contribution in [0.3, 0.4) is 0 Å². The minimum absolute atomic E-state index is 0.0421. The van der Waals surface area contributed by atoms with E-state index in [-0.39, 0.29) is 11.4 Å². The van der Waals surface area contributed by atoms with Crippen molar-refractivity contribution >= 4 is 16.9 Å². The molecule has 1 aliphatic rings. The molecule has 0 atom stereocenters. The number of aryl methyl sites for hydroxylation is 1. The molecule has 1 fully saturated rings. The van der Waals surface area contributed by atoms with E-state index in [1.54, 1.807) is 0 Å². The Labute approximate surface area is 137 Å². The molecule has 1 aliphatic heterocycles. The molecule has 23 heavy (non-hydrogen) atoms. The number of aromatic nitrogens is 2. The van der Waals surface area contributed by atoms with Crippen molar-refractivity contribution in [2.45, 2.75) is 45.7 Å². The highest BCUT2D eigenvalue weighted by Crippen LogP contribution is 2.16. The summed E-state index contributed by atoms with van der Waals surface area (Å²) in [6.07, 6.45) is 2.54. The van der Waals surface area contributed by atoms with Crippen LogP contribution < -0.4 is 5.32 Å². The monoisotopic (exact) mass is 314 g/mol. The largest absolute Gasteiger partial charge is 0.348 e. The Morgan fingerprint density at radius 2 is 1.96 bits per heavy atom. The van der Waals surface area contributed by atoms with Crippen molar-refractivity contribution in [1.82, 2.24) is 19.8 Å². The lowest BCUT2D eigenvalue weighted by molar-refractivity contribution is -0.123. The molecular weight excluding hydrogens is 288 g/mol. The lowest BCUT2D eigenvalue weighted by Gasteiger charge is -2.31. The van der Waals surface area contributed by atoms with Gasteiger partial charge in [-0.05, 0) is 58.8 Å². The standard InChI is InChI=1S/C18H26N4O/c1-14-19-15-8-4-5-9-16(15)22(14)12-17(23)20-18(2,3)13-21-10-6-7-11-21/h4-5,8-9H,6-7,10-13H2,1-3H3,(H,20,23). The Bertz CT molecular complexity index is 698. The molecule has 1 aromatic carbocycles. The van der Waals surface area contributed by atoms with Crippen molar-refractivity contribution in [2.24, 2.45) is 0 Å². The zero-order valence-corrected chi connectivity index (χ0v) is 14.3. The molecule has 0 radical (unpaired) electrons.